The molecule has 94 valence electrons. The second kappa shape index (κ2) is 5.31. The Balaban J connectivity index is 2.20. The molecule has 0 bridgehead atoms. The molecule has 0 radical (unpaired) electrons. The van der Waals surface area contributed by atoms with Gasteiger partial charge in [0.25, 0.3) is 0 Å². The number of nitrogens with one attached hydrogen (secondary N) is 2. The summed E-state index contributed by atoms with van der Waals surface area (Å²) < 4.78 is 0. The number of hydrogen-bond acceptors (Lipinski definition) is 6. The van der Waals surface area contributed by atoms with Crippen molar-refractivity contribution in [2.24, 2.45) is 0 Å². The smallest absolute Gasteiger partial charge is 0.233 e. The zero-order chi connectivity index (χ0) is 13.0. The number of nitrogens with zero attached hydrogens (tertiary/aromatic N) is 3. The monoisotopic (exact) mass is 244 g/mol. The van der Waals surface area contributed by atoms with E-state index in [0.717, 1.165) is 5.69 Å². The highest BCUT2D eigenvalue weighted by molar-refractivity contribution is 5.54. The fraction of sp³-hybridized carbons (Fsp3) is 0.250. The van der Waals surface area contributed by atoms with Gasteiger partial charge in [-0.25, -0.2) is 0 Å². The maximum absolute atomic E-state index is 5.65. The van der Waals surface area contributed by atoms with Crippen molar-refractivity contribution in [1.29, 1.82) is 0 Å². The molecule has 6 nitrogen and oxygen atoms in total. The number of benzene rings is 1. The van der Waals surface area contributed by atoms with E-state index in [2.05, 4.69) is 25.6 Å². The van der Waals surface area contributed by atoms with Gasteiger partial charge in [-0.15, -0.1) is 0 Å². The van der Waals surface area contributed by atoms with Crippen LogP contribution in [0.2, 0.25) is 0 Å². The summed E-state index contributed by atoms with van der Waals surface area (Å²) >= 11 is 0. The molecule has 1 aromatic heterocycles. The van der Waals surface area contributed by atoms with Crippen LogP contribution in [-0.2, 0) is 0 Å². The van der Waals surface area contributed by atoms with Crippen LogP contribution in [0.25, 0.3) is 0 Å². The molecule has 0 aliphatic carbocycles. The van der Waals surface area contributed by atoms with Crippen LogP contribution in [0.1, 0.15) is 13.8 Å². The summed E-state index contributed by atoms with van der Waals surface area (Å²) in [6.07, 6.45) is 0. The van der Waals surface area contributed by atoms with E-state index in [1.54, 1.807) is 0 Å². The summed E-state index contributed by atoms with van der Waals surface area (Å²) in [5.74, 6) is 1.08. The number of anilines is 4. The van der Waals surface area contributed by atoms with Gasteiger partial charge in [0.05, 0.1) is 0 Å². The molecule has 1 heterocycles. The van der Waals surface area contributed by atoms with Crippen LogP contribution in [0.4, 0.5) is 23.5 Å². The molecule has 0 aliphatic rings. The van der Waals surface area contributed by atoms with E-state index in [1.807, 2.05) is 44.2 Å². The van der Waals surface area contributed by atoms with E-state index in [1.165, 1.54) is 0 Å². The number of hydrogen-bond donors (Lipinski definition) is 3. The molecule has 6 heteroatoms. The Bertz CT molecular complexity index is 511. The standard InChI is InChI=1S/C12H16N6/c1-8(2)14-11-16-10(13)17-12(18-11)15-9-6-4-3-5-7-9/h3-8H,1-2H3,(H4,13,14,15,16,17,18). The summed E-state index contributed by atoms with van der Waals surface area (Å²) in [7, 11) is 0. The van der Waals surface area contributed by atoms with E-state index >= 15 is 0 Å². The van der Waals surface area contributed by atoms with Crippen LogP contribution < -0.4 is 16.4 Å². The number of nitrogen functional groups attached to an aromatic ring is 1. The maximum atomic E-state index is 5.65. The molecule has 1 aromatic carbocycles. The van der Waals surface area contributed by atoms with Gasteiger partial charge in [-0.2, -0.15) is 15.0 Å². The molecule has 0 aliphatic heterocycles. The molecule has 0 saturated carbocycles. The maximum Gasteiger partial charge on any atom is 0.233 e. The first-order valence-electron chi connectivity index (χ1n) is 5.73. The van der Waals surface area contributed by atoms with Gasteiger partial charge in [0.2, 0.25) is 17.8 Å². The van der Waals surface area contributed by atoms with Crippen LogP contribution >= 0.6 is 0 Å². The van der Waals surface area contributed by atoms with Gasteiger partial charge < -0.3 is 16.4 Å². The van der Waals surface area contributed by atoms with E-state index in [9.17, 15) is 0 Å². The van der Waals surface area contributed by atoms with Crippen LogP contribution in [0.5, 0.6) is 0 Å². The molecule has 0 fully saturated rings. The lowest BCUT2D eigenvalue weighted by Crippen LogP contribution is -2.15. The minimum Gasteiger partial charge on any atom is -0.368 e. The van der Waals surface area contributed by atoms with Crippen LogP contribution in [0, 0.1) is 0 Å². The van der Waals surface area contributed by atoms with Crippen molar-refractivity contribution < 1.29 is 0 Å². The quantitative estimate of drug-likeness (QED) is 0.762. The first-order chi connectivity index (χ1) is 8.63. The Morgan fingerprint density at radius 2 is 1.67 bits per heavy atom. The van der Waals surface area contributed by atoms with Crippen molar-refractivity contribution >= 4 is 23.5 Å². The minimum atomic E-state index is 0.187. The number of para-hydroxylation sites is 1. The third-order valence-corrected chi connectivity index (χ3v) is 2.10. The average Bonchev–Trinajstić information content (AvgIpc) is 2.28. The summed E-state index contributed by atoms with van der Waals surface area (Å²) in [5, 5.41) is 6.17. The second-order valence-corrected chi connectivity index (χ2v) is 4.13. The largest absolute Gasteiger partial charge is 0.368 e. The van der Waals surface area contributed by atoms with Gasteiger partial charge in [-0.1, -0.05) is 18.2 Å². The predicted molar refractivity (Wildman–Crippen MR) is 72.7 cm³/mol. The Morgan fingerprint density at radius 1 is 1.00 bits per heavy atom. The lowest BCUT2D eigenvalue weighted by molar-refractivity contribution is 0.870. The lowest BCUT2D eigenvalue weighted by atomic mass is 10.3. The SMILES string of the molecule is CC(C)Nc1nc(N)nc(Nc2ccccc2)n1. The zero-order valence-electron chi connectivity index (χ0n) is 10.4. The fourth-order valence-electron chi connectivity index (χ4n) is 1.42. The highest BCUT2D eigenvalue weighted by atomic mass is 15.2. The highest BCUT2D eigenvalue weighted by Gasteiger charge is 2.05. The van der Waals surface area contributed by atoms with Gasteiger partial charge in [-0.3, -0.25) is 0 Å². The van der Waals surface area contributed by atoms with Gasteiger partial charge in [0.15, 0.2) is 0 Å². The van der Waals surface area contributed by atoms with E-state index in [0.29, 0.717) is 11.9 Å². The summed E-state index contributed by atoms with van der Waals surface area (Å²) in [6, 6.07) is 9.89. The Kier molecular flexibility index (Phi) is 3.57. The fourth-order valence-corrected chi connectivity index (χ4v) is 1.42. The molecule has 0 spiro atoms. The topological polar surface area (TPSA) is 88.8 Å². The zero-order valence-corrected chi connectivity index (χ0v) is 10.4. The average molecular weight is 244 g/mol. The normalized spacial score (nSPS) is 10.4. The van der Waals surface area contributed by atoms with Crippen molar-refractivity contribution in [1.82, 2.24) is 15.0 Å². The van der Waals surface area contributed by atoms with E-state index in [-0.39, 0.29) is 12.0 Å². The Morgan fingerprint density at radius 3 is 2.33 bits per heavy atom. The highest BCUT2D eigenvalue weighted by Crippen LogP contribution is 2.14. The molecule has 0 saturated heterocycles. The Hall–Kier alpha value is -2.37. The second-order valence-electron chi connectivity index (χ2n) is 4.13. The predicted octanol–water partition coefficient (Wildman–Crippen LogP) is 2.02. The number of nitrogens with two attached hydrogens (primary N) is 1. The number of aromatic nitrogens is 3. The molecule has 0 atom stereocenters. The van der Waals surface area contributed by atoms with Crippen LogP contribution in [-0.4, -0.2) is 21.0 Å². The van der Waals surface area contributed by atoms with Gasteiger partial charge in [0.1, 0.15) is 0 Å². The third-order valence-electron chi connectivity index (χ3n) is 2.10. The molecule has 0 amide bonds. The van der Waals surface area contributed by atoms with Crippen molar-refractivity contribution in [3.63, 3.8) is 0 Å². The molecule has 4 N–H and O–H groups in total. The first kappa shape index (κ1) is 12.1. The van der Waals surface area contributed by atoms with Gasteiger partial charge in [-0.05, 0) is 26.0 Å². The van der Waals surface area contributed by atoms with Crippen LogP contribution in [0.3, 0.4) is 0 Å². The van der Waals surface area contributed by atoms with E-state index in [4.69, 9.17) is 5.73 Å². The molecule has 0 unspecified atom stereocenters. The lowest BCUT2D eigenvalue weighted by Gasteiger charge is -2.10. The van der Waals surface area contributed by atoms with Crippen molar-refractivity contribution in [3.05, 3.63) is 30.3 Å². The van der Waals surface area contributed by atoms with Crippen molar-refractivity contribution in [2.75, 3.05) is 16.4 Å². The minimum absolute atomic E-state index is 0.187. The van der Waals surface area contributed by atoms with Crippen molar-refractivity contribution in [2.45, 2.75) is 19.9 Å². The summed E-state index contributed by atoms with van der Waals surface area (Å²) in [6.45, 7) is 4.01. The molecule has 2 aromatic rings. The third kappa shape index (κ3) is 3.31. The van der Waals surface area contributed by atoms with E-state index < -0.39 is 0 Å². The summed E-state index contributed by atoms with van der Waals surface area (Å²) in [5.41, 5.74) is 6.55. The molecular formula is C12H16N6. The first-order valence-corrected chi connectivity index (χ1v) is 5.73. The summed E-state index contributed by atoms with van der Waals surface area (Å²) in [4.78, 5) is 12.3. The number of rotatable bonds is 4. The van der Waals surface area contributed by atoms with Gasteiger partial charge in [0, 0.05) is 11.7 Å². The Labute approximate surface area is 106 Å². The van der Waals surface area contributed by atoms with Crippen LogP contribution in [0.15, 0.2) is 30.3 Å². The molecular weight excluding hydrogens is 228 g/mol. The van der Waals surface area contributed by atoms with Gasteiger partial charge >= 0.3 is 0 Å². The molecule has 18 heavy (non-hydrogen) atoms. The van der Waals surface area contributed by atoms with Crippen molar-refractivity contribution in [3.8, 4) is 0 Å². The molecule has 2 rings (SSSR count).